The van der Waals surface area contributed by atoms with Crippen LogP contribution < -0.4 is 0 Å². The van der Waals surface area contributed by atoms with Crippen molar-refractivity contribution in [2.45, 2.75) is 47.5 Å². The second kappa shape index (κ2) is 34.6. The highest BCUT2D eigenvalue weighted by atomic mass is 13.9. The predicted octanol–water partition coefficient (Wildman–Crippen LogP) is 4.03. The van der Waals surface area contributed by atoms with Crippen LogP contribution in [-0.4, -0.2) is 0 Å². The summed E-state index contributed by atoms with van der Waals surface area (Å²) in [6.07, 6.45) is 11.6. The van der Waals surface area contributed by atoms with Gasteiger partial charge < -0.3 is 0 Å². The summed E-state index contributed by atoms with van der Waals surface area (Å²) in [5, 5.41) is 0. The Balaban J connectivity index is -0.0000000835. The highest BCUT2D eigenvalue weighted by Crippen LogP contribution is 2.01. The third kappa shape index (κ3) is 45.5. The molecule has 0 saturated carbocycles. The molecular weight excluding hydrogens is 132 g/mol. The van der Waals surface area contributed by atoms with Gasteiger partial charge in [-0.2, -0.15) is 0 Å². The first-order valence-corrected chi connectivity index (χ1v) is 4.44. The standard InChI is InChI=1S/C4H6.C3H4.2C2H6/c1-2-4-3-1;1-3-2;2*1-2/h1-2H,3-4H2;1H,2H3;2*1-2H3. The third-order valence-electron chi connectivity index (χ3n) is 0.667. The summed E-state index contributed by atoms with van der Waals surface area (Å²) < 4.78 is 0. The third-order valence-corrected chi connectivity index (χ3v) is 0.667. The number of hydrogen-bond donors (Lipinski definition) is 0. The van der Waals surface area contributed by atoms with E-state index < -0.39 is 0 Å². The van der Waals surface area contributed by atoms with Crippen molar-refractivity contribution in [2.24, 2.45) is 0 Å². The smallest absolute Gasteiger partial charge is 0.00297 e. The molecule has 0 bridgehead atoms. The van der Waals surface area contributed by atoms with E-state index in [1.54, 1.807) is 6.92 Å². The van der Waals surface area contributed by atoms with Gasteiger partial charge in [0.1, 0.15) is 0 Å². The minimum atomic E-state index is 1.32. The van der Waals surface area contributed by atoms with Crippen molar-refractivity contribution in [3.8, 4) is 12.3 Å². The molecule has 0 heterocycles. The van der Waals surface area contributed by atoms with Gasteiger partial charge in [-0.25, -0.2) is 0 Å². The van der Waals surface area contributed by atoms with Crippen LogP contribution >= 0.6 is 0 Å². The Morgan fingerprint density at radius 3 is 1.09 bits per heavy atom. The zero-order chi connectivity index (χ0) is 9.54. The maximum atomic E-state index is 4.60. The van der Waals surface area contributed by atoms with Crippen LogP contribution in [0.25, 0.3) is 0 Å². The number of terminal acetylenes is 1. The zero-order valence-electron chi connectivity index (χ0n) is 8.65. The summed E-state index contributed by atoms with van der Waals surface area (Å²) in [5.74, 6) is 2.25. The first-order valence-electron chi connectivity index (χ1n) is 4.44. The monoisotopic (exact) mass is 154 g/mol. The van der Waals surface area contributed by atoms with E-state index in [4.69, 9.17) is 0 Å². The molecule has 0 unspecified atom stereocenters. The topological polar surface area (TPSA) is 0 Å². The van der Waals surface area contributed by atoms with E-state index in [9.17, 15) is 0 Å². The molecule has 1 rings (SSSR count). The van der Waals surface area contributed by atoms with Gasteiger partial charge in [0.2, 0.25) is 0 Å². The molecular formula is C11H22. The van der Waals surface area contributed by atoms with Crippen LogP contribution in [0.1, 0.15) is 47.5 Å². The fraction of sp³-hybridized carbons (Fsp3) is 0.636. The van der Waals surface area contributed by atoms with Crippen molar-refractivity contribution >= 4 is 0 Å². The van der Waals surface area contributed by atoms with E-state index in [2.05, 4.69) is 24.5 Å². The van der Waals surface area contributed by atoms with Gasteiger partial charge in [0.15, 0.2) is 0 Å². The van der Waals surface area contributed by atoms with E-state index >= 15 is 0 Å². The number of rotatable bonds is 0. The fourth-order valence-corrected chi connectivity index (χ4v) is 0.167. The molecule has 0 atom stereocenters. The molecule has 0 aromatic heterocycles. The van der Waals surface area contributed by atoms with E-state index in [-0.39, 0.29) is 0 Å². The molecule has 0 fully saturated rings. The molecule has 11 heavy (non-hydrogen) atoms. The number of hydrogen-bond acceptors (Lipinski definition) is 0. The molecule has 1 aliphatic rings. The van der Waals surface area contributed by atoms with Gasteiger partial charge in [-0.15, -0.1) is 12.3 Å². The summed E-state index contributed by atoms with van der Waals surface area (Å²) in [5.41, 5.74) is 0. The van der Waals surface area contributed by atoms with Crippen molar-refractivity contribution in [2.75, 3.05) is 0 Å². The Labute approximate surface area is 72.7 Å². The second-order valence-electron chi connectivity index (χ2n) is 1.34. The van der Waals surface area contributed by atoms with Gasteiger partial charge >= 0.3 is 0 Å². The number of allylic oxidation sites excluding steroid dienone is 2. The summed E-state index contributed by atoms with van der Waals surface area (Å²) in [7, 11) is 0. The van der Waals surface area contributed by atoms with Crippen LogP contribution in [0.2, 0.25) is 0 Å². The van der Waals surface area contributed by atoms with E-state index in [0.29, 0.717) is 0 Å². The van der Waals surface area contributed by atoms with Crippen LogP contribution in [0.3, 0.4) is 0 Å². The predicted molar refractivity (Wildman–Crippen MR) is 55.6 cm³/mol. The van der Waals surface area contributed by atoms with Crippen molar-refractivity contribution in [1.82, 2.24) is 0 Å². The summed E-state index contributed by atoms with van der Waals surface area (Å²) >= 11 is 0. The molecule has 0 aromatic rings. The van der Waals surface area contributed by atoms with E-state index in [0.717, 1.165) is 0 Å². The van der Waals surface area contributed by atoms with Crippen LogP contribution in [0.4, 0.5) is 0 Å². The average Bonchev–Trinajstić information content (AvgIpc) is 1.93. The Hall–Kier alpha value is -0.700. The normalized spacial score (nSPS) is 9.09. The van der Waals surface area contributed by atoms with Gasteiger partial charge in [0.25, 0.3) is 0 Å². The summed E-state index contributed by atoms with van der Waals surface area (Å²) in [6.45, 7) is 9.65. The Morgan fingerprint density at radius 2 is 1.09 bits per heavy atom. The quantitative estimate of drug-likeness (QED) is 0.365. The molecule has 1 aliphatic carbocycles. The zero-order valence-corrected chi connectivity index (χ0v) is 8.65. The lowest BCUT2D eigenvalue weighted by atomic mass is 10.1. The SMILES string of the molecule is C#CC.C1=CCC1.CC.CC. The lowest BCUT2D eigenvalue weighted by molar-refractivity contribution is 0.962. The van der Waals surface area contributed by atoms with E-state index in [1.165, 1.54) is 12.8 Å². The van der Waals surface area contributed by atoms with Crippen LogP contribution in [0, 0.1) is 12.3 Å². The van der Waals surface area contributed by atoms with E-state index in [1.807, 2.05) is 27.7 Å². The van der Waals surface area contributed by atoms with Crippen LogP contribution in [0.5, 0.6) is 0 Å². The van der Waals surface area contributed by atoms with Crippen LogP contribution in [-0.2, 0) is 0 Å². The van der Waals surface area contributed by atoms with Gasteiger partial charge in [-0.3, -0.25) is 0 Å². The molecule has 0 aliphatic heterocycles. The summed E-state index contributed by atoms with van der Waals surface area (Å²) in [4.78, 5) is 0. The molecule has 0 heteroatoms. The maximum absolute atomic E-state index is 4.60. The van der Waals surface area contributed by atoms with Gasteiger partial charge in [-0.1, -0.05) is 39.8 Å². The molecule has 0 saturated heterocycles. The lowest BCUT2D eigenvalue weighted by Crippen LogP contribution is -1.71. The minimum Gasteiger partial charge on any atom is -0.120 e. The Bertz CT molecular complexity index is 76.7. The van der Waals surface area contributed by atoms with Gasteiger partial charge in [0, 0.05) is 0 Å². The highest BCUT2D eigenvalue weighted by molar-refractivity contribution is 4.92. The molecule has 0 aromatic carbocycles. The Kier molecular flexibility index (Phi) is 52.7. The average molecular weight is 154 g/mol. The molecule has 66 valence electrons. The molecule has 0 N–H and O–H groups in total. The summed E-state index contributed by atoms with van der Waals surface area (Å²) in [6, 6.07) is 0. The second-order valence-corrected chi connectivity index (χ2v) is 1.34. The first-order chi connectivity index (χ1) is 5.41. The van der Waals surface area contributed by atoms with Crippen molar-refractivity contribution in [3.05, 3.63) is 12.2 Å². The fourth-order valence-electron chi connectivity index (χ4n) is 0.167. The maximum Gasteiger partial charge on any atom is -0.00297 e. The minimum absolute atomic E-state index is 1.32. The van der Waals surface area contributed by atoms with Crippen LogP contribution in [0.15, 0.2) is 12.2 Å². The van der Waals surface area contributed by atoms with Gasteiger partial charge in [-0.05, 0) is 19.8 Å². The van der Waals surface area contributed by atoms with Gasteiger partial charge in [0.05, 0.1) is 0 Å². The molecule has 0 nitrogen and oxygen atoms in total. The molecule has 0 spiro atoms. The Morgan fingerprint density at radius 1 is 1.00 bits per heavy atom. The van der Waals surface area contributed by atoms with Crippen molar-refractivity contribution < 1.29 is 0 Å². The van der Waals surface area contributed by atoms with Crippen molar-refractivity contribution in [1.29, 1.82) is 0 Å². The largest absolute Gasteiger partial charge is 0.120 e. The molecule has 0 amide bonds. The first kappa shape index (κ1) is 16.7. The lowest BCUT2D eigenvalue weighted by Gasteiger charge is -1.92. The highest BCUT2D eigenvalue weighted by Gasteiger charge is 1.81. The molecule has 0 radical (unpaired) electrons. The van der Waals surface area contributed by atoms with Crippen molar-refractivity contribution in [3.63, 3.8) is 0 Å².